The topological polar surface area (TPSA) is 135 Å². The van der Waals surface area contributed by atoms with Crippen molar-refractivity contribution in [3.63, 3.8) is 0 Å². The molecule has 0 aliphatic carbocycles. The van der Waals surface area contributed by atoms with Crippen LogP contribution in [0.5, 0.6) is 0 Å². The first-order valence-electron chi connectivity index (χ1n) is 2.63. The first kappa shape index (κ1) is 22.9. The molecular weight excluding hydrogens is 178 g/mol. The molecule has 0 saturated heterocycles. The van der Waals surface area contributed by atoms with E-state index in [1.54, 1.807) is 0 Å². The van der Waals surface area contributed by atoms with E-state index in [1.807, 2.05) is 0 Å². The molecule has 0 bridgehead atoms. The van der Waals surface area contributed by atoms with Crippen molar-refractivity contribution in [1.29, 1.82) is 0 Å². The third-order valence-electron chi connectivity index (χ3n) is 0. The van der Waals surface area contributed by atoms with E-state index < -0.39 is 19.3 Å². The molecule has 0 heterocycles. The predicted octanol–water partition coefficient (Wildman–Crippen LogP) is -2.52. The summed E-state index contributed by atoms with van der Waals surface area (Å²) in [4.78, 5) is 18.0. The van der Waals surface area contributed by atoms with Crippen molar-refractivity contribution in [1.82, 2.24) is 0 Å². The average Bonchev–Trinajstić information content (AvgIpc) is 1.54. The molecule has 9 heteroatoms. The van der Waals surface area contributed by atoms with E-state index in [9.17, 15) is 0 Å². The molecule has 0 saturated carbocycles. The summed E-state index contributed by atoms with van der Waals surface area (Å²) in [5.74, 6) is -1.67. The van der Waals surface area contributed by atoms with E-state index in [0.717, 1.165) is 13.8 Å². The monoisotopic (exact) mass is 190 g/mol. The van der Waals surface area contributed by atoms with Gasteiger partial charge in [-0.3, -0.25) is 9.59 Å². The van der Waals surface area contributed by atoms with Gasteiger partial charge in [-0.05, 0) is 0 Å². The van der Waals surface area contributed by atoms with Crippen LogP contribution >= 0.6 is 0 Å². The van der Waals surface area contributed by atoms with Gasteiger partial charge in [0.05, 0.1) is 0 Å². The van der Waals surface area contributed by atoms with Gasteiger partial charge >= 0.3 is 26.2 Å². The third-order valence-corrected chi connectivity index (χ3v) is 0. The molecule has 0 aliphatic rings. The minimum absolute atomic E-state index is 0. The van der Waals surface area contributed by atoms with E-state index in [1.165, 1.54) is 0 Å². The van der Waals surface area contributed by atoms with Gasteiger partial charge in [-0.25, -0.2) is 0 Å². The van der Waals surface area contributed by atoms with E-state index in [2.05, 4.69) is 0 Å². The summed E-state index contributed by atoms with van der Waals surface area (Å²) >= 11 is 0. The average molecular weight is 190 g/mol. The number of carboxylic acid groups (broad SMARTS) is 2. The van der Waals surface area contributed by atoms with Crippen molar-refractivity contribution < 1.29 is 34.9 Å². The van der Waals surface area contributed by atoms with Gasteiger partial charge in [0, 0.05) is 13.8 Å². The standard InChI is InChI=1S/2C2H4O2.BH3O3.Li.H/c2*1-2(3)4;2-1(3)4;;/h2*1H3,(H,3,4);2-4H;;. The van der Waals surface area contributed by atoms with Gasteiger partial charge in [0.1, 0.15) is 0 Å². The van der Waals surface area contributed by atoms with Crippen molar-refractivity contribution in [3.8, 4) is 0 Å². The van der Waals surface area contributed by atoms with Crippen LogP contribution in [0.15, 0.2) is 0 Å². The van der Waals surface area contributed by atoms with Gasteiger partial charge in [-0.2, -0.15) is 0 Å². The maximum atomic E-state index is 9.00. The molecule has 0 aromatic heterocycles. The SMILES string of the molecule is CC(=O)O.CC(=O)O.OB(O)O.[LiH]. The van der Waals surface area contributed by atoms with Gasteiger partial charge in [-0.15, -0.1) is 0 Å². The zero-order valence-electron chi connectivity index (χ0n) is 6.63. The molecular formula is C4H12BLiO7. The zero-order valence-corrected chi connectivity index (χ0v) is 6.63. The van der Waals surface area contributed by atoms with Crippen LogP contribution in [0, 0.1) is 0 Å². The van der Waals surface area contributed by atoms with Crippen LogP contribution in [0.1, 0.15) is 13.8 Å². The molecule has 0 atom stereocenters. The van der Waals surface area contributed by atoms with E-state index in [4.69, 9.17) is 34.9 Å². The molecule has 0 unspecified atom stereocenters. The summed E-state index contributed by atoms with van der Waals surface area (Å²) in [6.45, 7) is 2.17. The van der Waals surface area contributed by atoms with Crippen molar-refractivity contribution in [2.24, 2.45) is 0 Å². The van der Waals surface area contributed by atoms with E-state index in [0.29, 0.717) is 0 Å². The number of carbonyl (C=O) groups is 2. The van der Waals surface area contributed by atoms with Gasteiger partial charge in [-0.1, -0.05) is 0 Å². The van der Waals surface area contributed by atoms with Crippen LogP contribution in [-0.4, -0.2) is 63.4 Å². The van der Waals surface area contributed by atoms with E-state index >= 15 is 0 Å². The molecule has 0 spiro atoms. The Morgan fingerprint density at radius 3 is 0.923 bits per heavy atom. The molecule has 7 nitrogen and oxygen atoms in total. The Kier molecular flexibility index (Phi) is 30.9. The second-order valence-electron chi connectivity index (χ2n) is 1.38. The molecule has 0 fully saturated rings. The van der Waals surface area contributed by atoms with Crippen molar-refractivity contribution >= 4 is 38.1 Å². The Balaban J connectivity index is -0.0000000450. The summed E-state index contributed by atoms with van der Waals surface area (Å²) in [5, 5.41) is 36.3. The molecule has 74 valence electrons. The predicted molar refractivity (Wildman–Crippen MR) is 46.2 cm³/mol. The third kappa shape index (κ3) is 3850. The Hall–Kier alpha value is -0.518. The summed E-state index contributed by atoms with van der Waals surface area (Å²) in [6, 6.07) is 0. The Morgan fingerprint density at radius 1 is 0.923 bits per heavy atom. The van der Waals surface area contributed by atoms with Gasteiger partial charge in [0.25, 0.3) is 11.9 Å². The Labute approximate surface area is 87.4 Å². The Bertz CT molecular complexity index is 105. The molecule has 13 heavy (non-hydrogen) atoms. The molecule has 0 aromatic carbocycles. The van der Waals surface area contributed by atoms with Gasteiger partial charge in [0.15, 0.2) is 0 Å². The van der Waals surface area contributed by atoms with Crippen LogP contribution < -0.4 is 0 Å². The van der Waals surface area contributed by atoms with Crippen LogP contribution in [0.4, 0.5) is 0 Å². The summed E-state index contributed by atoms with van der Waals surface area (Å²) < 4.78 is 0. The second-order valence-corrected chi connectivity index (χ2v) is 1.38. The van der Waals surface area contributed by atoms with Crippen LogP contribution in [0.25, 0.3) is 0 Å². The Morgan fingerprint density at radius 2 is 0.923 bits per heavy atom. The van der Waals surface area contributed by atoms with Crippen molar-refractivity contribution in [2.75, 3.05) is 0 Å². The molecule has 0 rings (SSSR count). The van der Waals surface area contributed by atoms with E-state index in [-0.39, 0.29) is 18.9 Å². The minimum atomic E-state index is -2.17. The summed E-state index contributed by atoms with van der Waals surface area (Å²) in [6.07, 6.45) is 0. The van der Waals surface area contributed by atoms with Crippen LogP contribution in [0.2, 0.25) is 0 Å². The summed E-state index contributed by atoms with van der Waals surface area (Å²) in [5.41, 5.74) is 0. The number of carboxylic acids is 2. The maximum absolute atomic E-state index is 9.00. The number of aliphatic carboxylic acids is 2. The number of rotatable bonds is 0. The van der Waals surface area contributed by atoms with Gasteiger partial charge < -0.3 is 25.3 Å². The molecule has 0 aromatic rings. The fourth-order valence-electron chi connectivity index (χ4n) is 0. The van der Waals surface area contributed by atoms with Crippen molar-refractivity contribution in [3.05, 3.63) is 0 Å². The number of hydrogen-bond acceptors (Lipinski definition) is 5. The normalized spacial score (nSPS) is 5.92. The van der Waals surface area contributed by atoms with Crippen molar-refractivity contribution in [2.45, 2.75) is 13.8 Å². The second kappa shape index (κ2) is 17.5. The van der Waals surface area contributed by atoms with Crippen LogP contribution in [0.3, 0.4) is 0 Å². The quantitative estimate of drug-likeness (QED) is 0.266. The van der Waals surface area contributed by atoms with Gasteiger partial charge in [0.2, 0.25) is 0 Å². The fourth-order valence-corrected chi connectivity index (χ4v) is 0. The first-order chi connectivity index (χ1) is 5.20. The molecule has 0 aliphatic heterocycles. The number of hydrogen-bond donors (Lipinski definition) is 5. The first-order valence-corrected chi connectivity index (χ1v) is 2.63. The molecule has 5 N–H and O–H groups in total. The summed E-state index contributed by atoms with van der Waals surface area (Å²) in [7, 11) is -2.17. The van der Waals surface area contributed by atoms with Crippen LogP contribution in [-0.2, 0) is 9.59 Å². The molecule has 0 amide bonds. The fraction of sp³-hybridized carbons (Fsp3) is 0.500. The zero-order chi connectivity index (χ0) is 10.7. The molecule has 0 radical (unpaired) electrons.